The summed E-state index contributed by atoms with van der Waals surface area (Å²) in [5.41, 5.74) is 0.300. The maximum atomic E-state index is 12.7. The van der Waals surface area contributed by atoms with Crippen LogP contribution in [0.3, 0.4) is 0 Å². The minimum absolute atomic E-state index is 0.0769. The standard InChI is InChI=1S/C19H20N2O6S2/c22-18(14-27-19(23)7-6-16-4-2-12-28-16)20-15-3-1-5-17(13-15)29(24,25)21-8-10-26-11-9-21/h1-7,12-13H,8-11,14H2,(H,20,22)/b7-6+. The van der Waals surface area contributed by atoms with E-state index in [4.69, 9.17) is 9.47 Å². The Kier molecular flexibility index (Phi) is 7.15. The van der Waals surface area contributed by atoms with Crippen molar-refractivity contribution in [1.29, 1.82) is 0 Å². The van der Waals surface area contributed by atoms with Crippen LogP contribution in [0, 0.1) is 0 Å². The highest BCUT2D eigenvalue weighted by atomic mass is 32.2. The van der Waals surface area contributed by atoms with Gasteiger partial charge in [-0.15, -0.1) is 11.3 Å². The number of carbonyl (C=O) groups excluding carboxylic acids is 2. The second kappa shape index (κ2) is 9.79. The zero-order chi connectivity index (χ0) is 20.7. The van der Waals surface area contributed by atoms with Gasteiger partial charge in [0.05, 0.1) is 18.1 Å². The first-order valence-corrected chi connectivity index (χ1v) is 11.1. The number of hydrogen-bond donors (Lipinski definition) is 1. The predicted octanol–water partition coefficient (Wildman–Crippen LogP) is 1.96. The topological polar surface area (TPSA) is 102 Å². The Morgan fingerprint density at radius 2 is 2.00 bits per heavy atom. The molecule has 10 heteroatoms. The Labute approximate surface area is 172 Å². The van der Waals surface area contributed by atoms with Crippen LogP contribution in [0.2, 0.25) is 0 Å². The molecule has 0 spiro atoms. The van der Waals surface area contributed by atoms with Crippen molar-refractivity contribution in [2.24, 2.45) is 0 Å². The van der Waals surface area contributed by atoms with Crippen LogP contribution < -0.4 is 5.32 Å². The van der Waals surface area contributed by atoms with Crippen molar-refractivity contribution in [1.82, 2.24) is 4.31 Å². The molecule has 2 aromatic rings. The smallest absolute Gasteiger partial charge is 0.331 e. The summed E-state index contributed by atoms with van der Waals surface area (Å²) >= 11 is 1.47. The number of sulfonamides is 1. The SMILES string of the molecule is O=C(COC(=O)/C=C/c1cccs1)Nc1cccc(S(=O)(=O)N2CCOCC2)c1. The van der Waals surface area contributed by atoms with Crippen molar-refractivity contribution in [3.8, 4) is 0 Å². The molecule has 0 saturated carbocycles. The van der Waals surface area contributed by atoms with E-state index < -0.39 is 28.5 Å². The highest BCUT2D eigenvalue weighted by molar-refractivity contribution is 7.89. The van der Waals surface area contributed by atoms with E-state index in [0.717, 1.165) is 4.88 Å². The zero-order valence-corrected chi connectivity index (χ0v) is 17.1. The molecule has 8 nitrogen and oxygen atoms in total. The number of benzene rings is 1. The normalized spacial score (nSPS) is 15.3. The molecule has 29 heavy (non-hydrogen) atoms. The Hall–Kier alpha value is -2.53. The monoisotopic (exact) mass is 436 g/mol. The van der Waals surface area contributed by atoms with Crippen molar-refractivity contribution in [2.45, 2.75) is 4.90 Å². The summed E-state index contributed by atoms with van der Waals surface area (Å²) < 4.78 is 36.8. The minimum Gasteiger partial charge on any atom is -0.452 e. The van der Waals surface area contributed by atoms with E-state index in [1.54, 1.807) is 18.2 Å². The zero-order valence-electron chi connectivity index (χ0n) is 15.4. The van der Waals surface area contributed by atoms with Crippen molar-refractivity contribution < 1.29 is 27.5 Å². The van der Waals surface area contributed by atoms with Gasteiger partial charge in [-0.05, 0) is 35.7 Å². The largest absolute Gasteiger partial charge is 0.452 e. The van der Waals surface area contributed by atoms with Gasteiger partial charge in [0, 0.05) is 29.7 Å². The van der Waals surface area contributed by atoms with Crippen molar-refractivity contribution >= 4 is 45.0 Å². The van der Waals surface area contributed by atoms with Crippen LogP contribution in [0.1, 0.15) is 4.88 Å². The van der Waals surface area contributed by atoms with E-state index >= 15 is 0 Å². The van der Waals surface area contributed by atoms with Crippen LogP contribution in [-0.4, -0.2) is 57.5 Å². The second-order valence-electron chi connectivity index (χ2n) is 6.05. The van der Waals surface area contributed by atoms with Gasteiger partial charge in [0.25, 0.3) is 5.91 Å². The number of nitrogens with one attached hydrogen (secondary N) is 1. The lowest BCUT2D eigenvalue weighted by atomic mass is 10.3. The van der Waals surface area contributed by atoms with Gasteiger partial charge in [-0.3, -0.25) is 4.79 Å². The van der Waals surface area contributed by atoms with Crippen LogP contribution in [-0.2, 0) is 29.1 Å². The summed E-state index contributed by atoms with van der Waals surface area (Å²) in [6.07, 6.45) is 2.85. The van der Waals surface area contributed by atoms with Gasteiger partial charge in [-0.25, -0.2) is 13.2 Å². The number of ether oxygens (including phenoxy) is 2. The number of esters is 1. The summed E-state index contributed by atoms with van der Waals surface area (Å²) in [5, 5.41) is 4.42. The van der Waals surface area contributed by atoms with Gasteiger partial charge in [0.15, 0.2) is 6.61 Å². The molecule has 154 valence electrons. The number of thiophene rings is 1. The van der Waals surface area contributed by atoms with E-state index in [1.807, 2.05) is 17.5 Å². The molecule has 1 amide bonds. The maximum Gasteiger partial charge on any atom is 0.331 e. The fraction of sp³-hybridized carbons (Fsp3) is 0.263. The predicted molar refractivity (Wildman–Crippen MR) is 109 cm³/mol. The van der Waals surface area contributed by atoms with E-state index in [2.05, 4.69) is 5.32 Å². The Balaban J connectivity index is 1.55. The summed E-state index contributed by atoms with van der Waals surface area (Å²) in [5.74, 6) is -1.21. The molecule has 1 aromatic carbocycles. The molecule has 1 saturated heterocycles. The minimum atomic E-state index is -3.67. The van der Waals surface area contributed by atoms with Gasteiger partial charge in [-0.2, -0.15) is 4.31 Å². The first-order chi connectivity index (χ1) is 13.9. The number of anilines is 1. The molecule has 0 radical (unpaired) electrons. The molecule has 1 fully saturated rings. The van der Waals surface area contributed by atoms with Crippen LogP contribution in [0.15, 0.2) is 52.7 Å². The number of carbonyl (C=O) groups is 2. The van der Waals surface area contributed by atoms with Gasteiger partial charge in [0.1, 0.15) is 0 Å². The third-order valence-corrected chi connectivity index (χ3v) is 6.73. The summed E-state index contributed by atoms with van der Waals surface area (Å²) in [6, 6.07) is 9.65. The Morgan fingerprint density at radius 3 is 2.72 bits per heavy atom. The molecule has 0 bridgehead atoms. The van der Waals surface area contributed by atoms with E-state index in [1.165, 1.54) is 33.9 Å². The fourth-order valence-corrected chi connectivity index (χ4v) is 4.66. The van der Waals surface area contributed by atoms with E-state index in [-0.39, 0.29) is 18.0 Å². The summed E-state index contributed by atoms with van der Waals surface area (Å²) in [4.78, 5) is 24.7. The molecular weight excluding hydrogens is 416 g/mol. The van der Waals surface area contributed by atoms with Crippen molar-refractivity contribution in [3.63, 3.8) is 0 Å². The lowest BCUT2D eigenvalue weighted by Crippen LogP contribution is -2.40. The molecule has 1 aliphatic rings. The molecule has 1 aliphatic heterocycles. The Bertz CT molecular complexity index is 980. The summed E-state index contributed by atoms with van der Waals surface area (Å²) in [6.45, 7) is 0.791. The van der Waals surface area contributed by atoms with Crippen molar-refractivity contribution in [2.75, 3.05) is 38.2 Å². The third-order valence-electron chi connectivity index (χ3n) is 4.00. The number of nitrogens with zero attached hydrogens (tertiary/aromatic N) is 1. The van der Waals surface area contributed by atoms with E-state index in [0.29, 0.717) is 18.9 Å². The molecule has 2 heterocycles. The Morgan fingerprint density at radius 1 is 1.21 bits per heavy atom. The quantitative estimate of drug-likeness (QED) is 0.526. The number of rotatable bonds is 7. The van der Waals surface area contributed by atoms with Crippen LogP contribution in [0.25, 0.3) is 6.08 Å². The molecule has 0 aliphatic carbocycles. The highest BCUT2D eigenvalue weighted by Gasteiger charge is 2.26. The highest BCUT2D eigenvalue weighted by Crippen LogP contribution is 2.20. The molecule has 0 unspecified atom stereocenters. The average Bonchev–Trinajstić information content (AvgIpc) is 3.25. The fourth-order valence-electron chi connectivity index (χ4n) is 2.59. The molecule has 1 aromatic heterocycles. The lowest BCUT2D eigenvalue weighted by Gasteiger charge is -2.26. The van der Waals surface area contributed by atoms with Crippen LogP contribution in [0.5, 0.6) is 0 Å². The van der Waals surface area contributed by atoms with Crippen LogP contribution in [0.4, 0.5) is 5.69 Å². The van der Waals surface area contributed by atoms with Gasteiger partial charge in [-0.1, -0.05) is 12.1 Å². The molecule has 1 N–H and O–H groups in total. The first kappa shape index (κ1) is 21.2. The summed E-state index contributed by atoms with van der Waals surface area (Å²) in [7, 11) is -3.67. The van der Waals surface area contributed by atoms with Gasteiger partial charge >= 0.3 is 5.97 Å². The van der Waals surface area contributed by atoms with E-state index in [9.17, 15) is 18.0 Å². The molecule has 0 atom stereocenters. The maximum absolute atomic E-state index is 12.7. The number of amides is 1. The van der Waals surface area contributed by atoms with Gasteiger partial charge in [0.2, 0.25) is 10.0 Å². The number of morpholine rings is 1. The molecular formula is C19H20N2O6S2. The van der Waals surface area contributed by atoms with Crippen molar-refractivity contribution in [3.05, 3.63) is 52.7 Å². The molecule has 3 rings (SSSR count). The lowest BCUT2D eigenvalue weighted by molar-refractivity contribution is -0.142. The van der Waals surface area contributed by atoms with Crippen LogP contribution >= 0.6 is 11.3 Å². The number of hydrogen-bond acceptors (Lipinski definition) is 7. The third kappa shape index (κ3) is 5.97. The average molecular weight is 437 g/mol. The second-order valence-corrected chi connectivity index (χ2v) is 8.97. The van der Waals surface area contributed by atoms with Gasteiger partial charge < -0.3 is 14.8 Å². The first-order valence-electron chi connectivity index (χ1n) is 8.81.